The minimum absolute atomic E-state index is 0.0506. The summed E-state index contributed by atoms with van der Waals surface area (Å²) in [7, 11) is 0. The van der Waals surface area contributed by atoms with Crippen molar-refractivity contribution in [2.24, 2.45) is 10.2 Å². The van der Waals surface area contributed by atoms with E-state index in [0.29, 0.717) is 5.69 Å². The van der Waals surface area contributed by atoms with Crippen LogP contribution in [0.2, 0.25) is 0 Å². The molecule has 0 bridgehead atoms. The number of aromatic nitrogens is 2. The number of rotatable bonds is 8. The lowest BCUT2D eigenvalue weighted by molar-refractivity contribution is -0.138. The molecule has 0 aliphatic rings. The maximum atomic E-state index is 14.1. The molecule has 0 unspecified atom stereocenters. The Hall–Kier alpha value is -4.22. The molecule has 0 aliphatic carbocycles. The number of phenolic OH excluding ortho intramolecular Hbond substituents is 1. The first kappa shape index (κ1) is 25.4. The van der Waals surface area contributed by atoms with Crippen LogP contribution in [0.4, 0.5) is 28.9 Å². The van der Waals surface area contributed by atoms with Gasteiger partial charge in [0.1, 0.15) is 17.3 Å². The fourth-order valence-corrected chi connectivity index (χ4v) is 3.25. The summed E-state index contributed by atoms with van der Waals surface area (Å²) in [5, 5.41) is 29.7. The van der Waals surface area contributed by atoms with E-state index >= 15 is 0 Å². The van der Waals surface area contributed by atoms with Gasteiger partial charge in [0.05, 0.1) is 11.3 Å². The number of aromatic hydroxyl groups is 1. The molecule has 3 N–H and O–H groups in total. The average Bonchev–Trinajstić information content (AvgIpc) is 3.04. The van der Waals surface area contributed by atoms with E-state index < -0.39 is 40.4 Å². The molecular weight excluding hydrogens is 472 g/mol. The molecule has 12 heteroatoms. The lowest BCUT2D eigenvalue weighted by atomic mass is 10.0. The number of benzene rings is 2. The SMILES string of the molecule is Cc1[nH]n(CCCC(=O)O)c(=O)c1N=Nc1cccc(/C=C/c2c(F)cccc2C(F)(F)F)c1O. The number of phenols is 1. The predicted molar refractivity (Wildman–Crippen MR) is 119 cm³/mol. The highest BCUT2D eigenvalue weighted by molar-refractivity contribution is 5.77. The van der Waals surface area contributed by atoms with E-state index in [4.69, 9.17) is 5.11 Å². The van der Waals surface area contributed by atoms with E-state index in [2.05, 4.69) is 15.3 Å². The molecule has 0 radical (unpaired) electrons. The van der Waals surface area contributed by atoms with E-state index in [9.17, 15) is 32.3 Å². The third-order valence-corrected chi connectivity index (χ3v) is 4.97. The summed E-state index contributed by atoms with van der Waals surface area (Å²) in [6, 6.07) is 6.81. The van der Waals surface area contributed by atoms with Gasteiger partial charge in [0.25, 0.3) is 5.56 Å². The van der Waals surface area contributed by atoms with Crippen LogP contribution < -0.4 is 5.56 Å². The van der Waals surface area contributed by atoms with Gasteiger partial charge in [-0.25, -0.2) is 4.39 Å². The average molecular weight is 492 g/mol. The Morgan fingerprint density at radius 2 is 1.86 bits per heavy atom. The van der Waals surface area contributed by atoms with E-state index in [-0.39, 0.29) is 36.3 Å². The molecule has 0 atom stereocenters. The molecule has 0 aliphatic heterocycles. The van der Waals surface area contributed by atoms with Gasteiger partial charge in [-0.15, -0.1) is 10.2 Å². The van der Waals surface area contributed by atoms with E-state index in [1.807, 2.05) is 0 Å². The largest absolute Gasteiger partial charge is 0.505 e. The molecule has 1 heterocycles. The lowest BCUT2D eigenvalue weighted by Crippen LogP contribution is -2.17. The van der Waals surface area contributed by atoms with Crippen LogP contribution in [0.3, 0.4) is 0 Å². The normalized spacial score (nSPS) is 12.1. The molecule has 1 aromatic heterocycles. The van der Waals surface area contributed by atoms with Crippen molar-refractivity contribution in [3.8, 4) is 5.75 Å². The standard InChI is InChI=1S/C23H20F4N4O4/c1-13-20(22(35)31(30-13)12-4-9-19(32)33)29-28-18-8-2-5-14(21(18)34)10-11-15-16(23(25,26)27)6-3-7-17(15)24/h2-3,5-8,10-11,30,34H,4,9,12H2,1H3,(H,32,33)/b11-10+,29-28?. The highest BCUT2D eigenvalue weighted by Gasteiger charge is 2.33. The lowest BCUT2D eigenvalue weighted by Gasteiger charge is -2.11. The minimum Gasteiger partial charge on any atom is -0.505 e. The van der Waals surface area contributed by atoms with Crippen LogP contribution in [0.5, 0.6) is 5.75 Å². The van der Waals surface area contributed by atoms with E-state index in [1.54, 1.807) is 6.92 Å². The third kappa shape index (κ3) is 6.02. The number of para-hydroxylation sites is 1. The molecule has 3 rings (SSSR count). The van der Waals surface area contributed by atoms with Gasteiger partial charge in [0.2, 0.25) is 0 Å². The monoisotopic (exact) mass is 492 g/mol. The molecule has 0 saturated heterocycles. The fraction of sp³-hybridized carbons (Fsp3) is 0.217. The van der Waals surface area contributed by atoms with E-state index in [1.165, 1.54) is 22.9 Å². The Bertz CT molecular complexity index is 1360. The number of alkyl halides is 3. The van der Waals surface area contributed by atoms with Gasteiger partial charge in [-0.2, -0.15) is 13.2 Å². The number of carbonyl (C=O) groups is 1. The molecule has 0 fully saturated rings. The van der Waals surface area contributed by atoms with Crippen molar-refractivity contribution in [3.63, 3.8) is 0 Å². The van der Waals surface area contributed by atoms with Crippen molar-refractivity contribution in [2.45, 2.75) is 32.5 Å². The Labute approximate surface area is 195 Å². The molecule has 0 spiro atoms. The highest BCUT2D eigenvalue weighted by Crippen LogP contribution is 2.36. The number of nitrogens with one attached hydrogen (secondary N) is 1. The number of nitrogens with zero attached hydrogens (tertiary/aromatic N) is 3. The van der Waals surface area contributed by atoms with Crippen molar-refractivity contribution in [3.05, 3.63) is 75.0 Å². The highest BCUT2D eigenvalue weighted by atomic mass is 19.4. The maximum Gasteiger partial charge on any atom is 0.417 e. The summed E-state index contributed by atoms with van der Waals surface area (Å²) in [6.45, 7) is 1.69. The van der Waals surface area contributed by atoms with Gasteiger partial charge < -0.3 is 10.2 Å². The van der Waals surface area contributed by atoms with Crippen LogP contribution in [-0.2, 0) is 17.5 Å². The quantitative estimate of drug-likeness (QED) is 0.209. The molecule has 2 aromatic carbocycles. The van der Waals surface area contributed by atoms with Crippen LogP contribution in [0.15, 0.2) is 51.4 Å². The zero-order chi connectivity index (χ0) is 25.8. The summed E-state index contributed by atoms with van der Waals surface area (Å²) in [6.07, 6.45) is -2.65. The van der Waals surface area contributed by atoms with Crippen molar-refractivity contribution in [2.75, 3.05) is 0 Å². The molecule has 35 heavy (non-hydrogen) atoms. The Morgan fingerprint density at radius 3 is 2.54 bits per heavy atom. The number of aryl methyl sites for hydroxylation is 2. The first-order valence-corrected chi connectivity index (χ1v) is 10.3. The molecule has 8 nitrogen and oxygen atoms in total. The van der Waals surface area contributed by atoms with Crippen LogP contribution in [0, 0.1) is 12.7 Å². The molecular formula is C23H20F4N4O4. The van der Waals surface area contributed by atoms with Crippen LogP contribution in [0.1, 0.15) is 35.2 Å². The van der Waals surface area contributed by atoms with Gasteiger partial charge >= 0.3 is 12.1 Å². The number of aromatic amines is 1. The second-order valence-electron chi connectivity index (χ2n) is 7.49. The van der Waals surface area contributed by atoms with Crippen LogP contribution in [-0.4, -0.2) is 26.0 Å². The van der Waals surface area contributed by atoms with Gasteiger partial charge in [0, 0.05) is 24.1 Å². The number of H-pyrrole nitrogens is 1. The molecule has 184 valence electrons. The predicted octanol–water partition coefficient (Wildman–Crippen LogP) is 5.80. The molecule has 0 amide bonds. The Kier molecular flexibility index (Phi) is 7.52. The number of azo groups is 1. The Balaban J connectivity index is 1.88. The fourth-order valence-electron chi connectivity index (χ4n) is 3.25. The van der Waals surface area contributed by atoms with Crippen LogP contribution >= 0.6 is 0 Å². The second kappa shape index (κ2) is 10.4. The maximum absolute atomic E-state index is 14.1. The van der Waals surface area contributed by atoms with Gasteiger partial charge in [-0.3, -0.25) is 19.4 Å². The molecule has 0 saturated carbocycles. The summed E-state index contributed by atoms with van der Waals surface area (Å²) in [4.78, 5) is 23.1. The summed E-state index contributed by atoms with van der Waals surface area (Å²) < 4.78 is 54.8. The number of halogens is 4. The minimum atomic E-state index is -4.77. The van der Waals surface area contributed by atoms with Gasteiger partial charge in [0.15, 0.2) is 5.69 Å². The number of hydrogen-bond acceptors (Lipinski definition) is 5. The summed E-state index contributed by atoms with van der Waals surface area (Å²) in [5.41, 5.74) is -2.09. The number of carboxylic acids is 1. The number of carboxylic acid groups (broad SMARTS) is 1. The van der Waals surface area contributed by atoms with Gasteiger partial charge in [-0.1, -0.05) is 30.4 Å². The number of hydrogen-bond donors (Lipinski definition) is 3. The van der Waals surface area contributed by atoms with Crippen molar-refractivity contribution >= 4 is 29.5 Å². The van der Waals surface area contributed by atoms with E-state index in [0.717, 1.165) is 30.4 Å². The summed E-state index contributed by atoms with van der Waals surface area (Å²) in [5.74, 6) is -2.50. The van der Waals surface area contributed by atoms with Crippen LogP contribution in [0.25, 0.3) is 12.2 Å². The first-order valence-electron chi connectivity index (χ1n) is 10.3. The third-order valence-electron chi connectivity index (χ3n) is 4.97. The van der Waals surface area contributed by atoms with Gasteiger partial charge in [-0.05, 0) is 31.5 Å². The Morgan fingerprint density at radius 1 is 1.14 bits per heavy atom. The zero-order valence-electron chi connectivity index (χ0n) is 18.3. The zero-order valence-corrected chi connectivity index (χ0v) is 18.3. The topological polar surface area (TPSA) is 120 Å². The van der Waals surface area contributed by atoms with Crippen molar-refractivity contribution < 1.29 is 32.6 Å². The summed E-state index contributed by atoms with van der Waals surface area (Å²) >= 11 is 0. The van der Waals surface area contributed by atoms with Crippen molar-refractivity contribution in [1.29, 1.82) is 0 Å². The first-order chi connectivity index (χ1) is 16.5. The van der Waals surface area contributed by atoms with Crippen molar-refractivity contribution in [1.82, 2.24) is 9.78 Å². The number of aliphatic carboxylic acids is 1. The second-order valence-corrected chi connectivity index (χ2v) is 7.49. The smallest absolute Gasteiger partial charge is 0.417 e. The molecule has 3 aromatic rings.